The highest BCUT2D eigenvalue weighted by Crippen LogP contribution is 2.29. The van der Waals surface area contributed by atoms with Crippen LogP contribution in [0.3, 0.4) is 0 Å². The number of ketones is 1. The molecule has 3 rings (SSSR count). The van der Waals surface area contributed by atoms with Gasteiger partial charge in [-0.25, -0.2) is 0 Å². The summed E-state index contributed by atoms with van der Waals surface area (Å²) in [5.41, 5.74) is 2.97. The summed E-state index contributed by atoms with van der Waals surface area (Å²) in [5.74, 6) is 1.02. The van der Waals surface area contributed by atoms with Crippen LogP contribution in [-0.2, 0) is 0 Å². The number of rotatable bonds is 4. The van der Waals surface area contributed by atoms with Crippen molar-refractivity contribution in [3.05, 3.63) is 54.1 Å². The van der Waals surface area contributed by atoms with Gasteiger partial charge in [0.2, 0.25) is 0 Å². The number of ether oxygens (including phenoxy) is 1. The molecule has 1 aliphatic carbocycles. The number of benzene rings is 2. The predicted molar refractivity (Wildman–Crippen MR) is 75.5 cm³/mol. The highest BCUT2D eigenvalue weighted by atomic mass is 16.5. The Hall–Kier alpha value is -2.09. The van der Waals surface area contributed by atoms with E-state index in [0.29, 0.717) is 6.10 Å². The molecule has 1 aliphatic rings. The van der Waals surface area contributed by atoms with Crippen LogP contribution in [0.4, 0.5) is 0 Å². The van der Waals surface area contributed by atoms with Crippen molar-refractivity contribution >= 4 is 5.78 Å². The Balaban J connectivity index is 1.85. The Kier molecular flexibility index (Phi) is 3.08. The van der Waals surface area contributed by atoms with Gasteiger partial charge in [0.25, 0.3) is 0 Å². The van der Waals surface area contributed by atoms with E-state index in [9.17, 15) is 4.79 Å². The van der Waals surface area contributed by atoms with Crippen LogP contribution in [0.1, 0.15) is 30.1 Å². The average molecular weight is 252 g/mol. The topological polar surface area (TPSA) is 26.3 Å². The van der Waals surface area contributed by atoms with Crippen molar-refractivity contribution in [2.24, 2.45) is 0 Å². The fraction of sp³-hybridized carbons (Fsp3) is 0.235. The zero-order chi connectivity index (χ0) is 13.2. The Morgan fingerprint density at radius 2 is 1.79 bits per heavy atom. The van der Waals surface area contributed by atoms with Crippen molar-refractivity contribution in [3.63, 3.8) is 0 Å². The van der Waals surface area contributed by atoms with Crippen molar-refractivity contribution in [1.29, 1.82) is 0 Å². The van der Waals surface area contributed by atoms with E-state index < -0.39 is 0 Å². The second-order valence-electron chi connectivity index (χ2n) is 4.98. The maximum Gasteiger partial charge on any atom is 0.159 e. The lowest BCUT2D eigenvalue weighted by atomic mass is 10.0. The molecule has 0 N–H and O–H groups in total. The summed E-state index contributed by atoms with van der Waals surface area (Å²) in [5, 5.41) is 0. The Bertz CT molecular complexity index is 595. The third-order valence-electron chi connectivity index (χ3n) is 3.29. The molecular formula is C17H16O2. The monoisotopic (exact) mass is 252 g/mol. The number of hydrogen-bond acceptors (Lipinski definition) is 2. The minimum absolute atomic E-state index is 0.0948. The number of Topliss-reactive ketones (excluding diaryl/α,β-unsaturated/α-hetero) is 1. The van der Waals surface area contributed by atoms with E-state index in [1.165, 1.54) is 0 Å². The SMILES string of the molecule is CC(=O)c1ccc(-c2cccc(OC3CC3)c2)cc1. The molecular weight excluding hydrogens is 236 g/mol. The first-order chi connectivity index (χ1) is 9.22. The molecule has 0 saturated heterocycles. The first kappa shape index (κ1) is 12.0. The molecule has 0 atom stereocenters. The molecule has 96 valence electrons. The summed E-state index contributed by atoms with van der Waals surface area (Å²) >= 11 is 0. The van der Waals surface area contributed by atoms with Gasteiger partial charge in [-0.15, -0.1) is 0 Å². The number of hydrogen-bond donors (Lipinski definition) is 0. The molecule has 0 unspecified atom stereocenters. The minimum Gasteiger partial charge on any atom is -0.490 e. The highest BCUT2D eigenvalue weighted by Gasteiger charge is 2.23. The van der Waals surface area contributed by atoms with Crippen LogP contribution >= 0.6 is 0 Å². The van der Waals surface area contributed by atoms with Gasteiger partial charge in [0, 0.05) is 5.56 Å². The van der Waals surface area contributed by atoms with Gasteiger partial charge in [-0.05, 0) is 43.0 Å². The predicted octanol–water partition coefficient (Wildman–Crippen LogP) is 4.10. The summed E-state index contributed by atoms with van der Waals surface area (Å²) in [6.07, 6.45) is 2.74. The van der Waals surface area contributed by atoms with E-state index in [-0.39, 0.29) is 5.78 Å². The van der Waals surface area contributed by atoms with E-state index >= 15 is 0 Å². The molecule has 0 aromatic heterocycles. The standard InChI is InChI=1S/C17H16O2/c1-12(18)13-5-7-14(8-6-13)15-3-2-4-17(11-15)19-16-9-10-16/h2-8,11,16H,9-10H2,1H3. The molecule has 0 spiro atoms. The number of carbonyl (C=O) groups is 1. The van der Waals surface area contributed by atoms with Crippen LogP contribution in [0.25, 0.3) is 11.1 Å². The van der Waals surface area contributed by atoms with Crippen molar-refractivity contribution in [2.75, 3.05) is 0 Å². The molecule has 0 radical (unpaired) electrons. The van der Waals surface area contributed by atoms with Gasteiger partial charge in [-0.1, -0.05) is 36.4 Å². The summed E-state index contributed by atoms with van der Waals surface area (Å²) in [6, 6.07) is 15.8. The molecule has 0 heterocycles. The fourth-order valence-electron chi connectivity index (χ4n) is 2.02. The van der Waals surface area contributed by atoms with Crippen molar-refractivity contribution in [3.8, 4) is 16.9 Å². The molecule has 2 nitrogen and oxygen atoms in total. The van der Waals surface area contributed by atoms with Crippen molar-refractivity contribution in [1.82, 2.24) is 0 Å². The maximum atomic E-state index is 11.3. The Labute approximate surface area is 113 Å². The van der Waals surface area contributed by atoms with Crippen molar-refractivity contribution in [2.45, 2.75) is 25.9 Å². The van der Waals surface area contributed by atoms with Crippen LogP contribution < -0.4 is 4.74 Å². The molecule has 0 bridgehead atoms. The largest absolute Gasteiger partial charge is 0.490 e. The molecule has 2 heteroatoms. The lowest BCUT2D eigenvalue weighted by molar-refractivity contribution is 0.101. The third kappa shape index (κ3) is 2.84. The smallest absolute Gasteiger partial charge is 0.159 e. The van der Waals surface area contributed by atoms with Gasteiger partial charge in [0.15, 0.2) is 5.78 Å². The van der Waals surface area contributed by atoms with Crippen molar-refractivity contribution < 1.29 is 9.53 Å². The molecule has 2 aromatic carbocycles. The van der Waals surface area contributed by atoms with Gasteiger partial charge >= 0.3 is 0 Å². The Morgan fingerprint density at radius 1 is 1.05 bits per heavy atom. The quantitative estimate of drug-likeness (QED) is 0.766. The van der Waals surface area contributed by atoms with Crippen LogP contribution in [0.15, 0.2) is 48.5 Å². The van der Waals surface area contributed by atoms with E-state index in [2.05, 4.69) is 12.1 Å². The van der Waals surface area contributed by atoms with Crippen LogP contribution in [0, 0.1) is 0 Å². The van der Waals surface area contributed by atoms with E-state index in [4.69, 9.17) is 4.74 Å². The first-order valence-electron chi connectivity index (χ1n) is 6.60. The normalized spacial score (nSPS) is 14.2. The summed E-state index contributed by atoms with van der Waals surface area (Å²) in [6.45, 7) is 1.58. The van der Waals surface area contributed by atoms with Gasteiger partial charge < -0.3 is 4.74 Å². The van der Waals surface area contributed by atoms with E-state index in [0.717, 1.165) is 35.3 Å². The second kappa shape index (κ2) is 4.88. The average Bonchev–Trinajstić information content (AvgIpc) is 3.23. The molecule has 0 aliphatic heterocycles. The van der Waals surface area contributed by atoms with Gasteiger partial charge in [-0.2, -0.15) is 0 Å². The molecule has 2 aromatic rings. The van der Waals surface area contributed by atoms with Gasteiger partial charge in [-0.3, -0.25) is 4.79 Å². The molecule has 0 amide bonds. The third-order valence-corrected chi connectivity index (χ3v) is 3.29. The van der Waals surface area contributed by atoms with E-state index in [1.54, 1.807) is 6.92 Å². The number of carbonyl (C=O) groups excluding carboxylic acids is 1. The molecule has 19 heavy (non-hydrogen) atoms. The van der Waals surface area contributed by atoms with Crippen LogP contribution in [-0.4, -0.2) is 11.9 Å². The second-order valence-corrected chi connectivity index (χ2v) is 4.98. The molecule has 1 fully saturated rings. The minimum atomic E-state index is 0.0948. The summed E-state index contributed by atoms with van der Waals surface area (Å²) < 4.78 is 5.80. The highest BCUT2D eigenvalue weighted by molar-refractivity contribution is 5.94. The first-order valence-corrected chi connectivity index (χ1v) is 6.60. The maximum absolute atomic E-state index is 11.3. The van der Waals surface area contributed by atoms with Gasteiger partial charge in [0.05, 0.1) is 6.10 Å². The zero-order valence-electron chi connectivity index (χ0n) is 10.9. The van der Waals surface area contributed by atoms with E-state index in [1.807, 2.05) is 36.4 Å². The summed E-state index contributed by atoms with van der Waals surface area (Å²) in [4.78, 5) is 11.3. The lowest BCUT2D eigenvalue weighted by Crippen LogP contribution is -1.95. The Morgan fingerprint density at radius 3 is 2.42 bits per heavy atom. The summed E-state index contributed by atoms with van der Waals surface area (Å²) in [7, 11) is 0. The molecule has 1 saturated carbocycles. The zero-order valence-corrected chi connectivity index (χ0v) is 10.9. The van der Waals surface area contributed by atoms with Crippen LogP contribution in [0.5, 0.6) is 5.75 Å². The fourth-order valence-corrected chi connectivity index (χ4v) is 2.02. The lowest BCUT2D eigenvalue weighted by Gasteiger charge is -2.07. The van der Waals surface area contributed by atoms with Gasteiger partial charge in [0.1, 0.15) is 5.75 Å². The van der Waals surface area contributed by atoms with Crippen LogP contribution in [0.2, 0.25) is 0 Å².